The molecule has 0 fully saturated rings. The van der Waals surface area contributed by atoms with E-state index < -0.39 is 10.0 Å². The maximum atomic E-state index is 12.9. The van der Waals surface area contributed by atoms with Gasteiger partial charge in [-0.05, 0) is 55.7 Å². The summed E-state index contributed by atoms with van der Waals surface area (Å²) in [6, 6.07) is 11.2. The van der Waals surface area contributed by atoms with Crippen molar-refractivity contribution in [1.29, 1.82) is 0 Å². The predicted molar refractivity (Wildman–Crippen MR) is 107 cm³/mol. The van der Waals surface area contributed by atoms with Gasteiger partial charge in [-0.3, -0.25) is 9.52 Å². The summed E-state index contributed by atoms with van der Waals surface area (Å²) >= 11 is 0. The van der Waals surface area contributed by atoms with Crippen molar-refractivity contribution in [2.24, 2.45) is 0 Å². The minimum Gasteiger partial charge on any atom is -0.496 e. The van der Waals surface area contributed by atoms with Crippen molar-refractivity contribution >= 4 is 21.6 Å². The smallest absolute Gasteiger partial charge is 0.261 e. The normalized spacial score (nSPS) is 11.5. The first-order valence-electron chi connectivity index (χ1n) is 8.76. The Morgan fingerprint density at radius 1 is 1.04 bits per heavy atom. The number of rotatable bonds is 7. The van der Waals surface area contributed by atoms with Gasteiger partial charge in [0.1, 0.15) is 5.75 Å². The maximum absolute atomic E-state index is 12.9. The molecule has 0 unspecified atom stereocenters. The molecule has 0 aromatic heterocycles. The lowest BCUT2D eigenvalue weighted by atomic mass is 10.0. The summed E-state index contributed by atoms with van der Waals surface area (Å²) in [5.41, 5.74) is 1.30. The van der Waals surface area contributed by atoms with Gasteiger partial charge < -0.3 is 10.1 Å². The molecule has 27 heavy (non-hydrogen) atoms. The number of ether oxygens (including phenoxy) is 1. The van der Waals surface area contributed by atoms with Crippen LogP contribution in [0, 0.1) is 0 Å². The number of amides is 1. The van der Waals surface area contributed by atoms with Gasteiger partial charge in [0.15, 0.2) is 0 Å². The molecular formula is C20H26N2O4S. The number of nitrogens with one attached hydrogen (secondary N) is 2. The lowest BCUT2D eigenvalue weighted by Crippen LogP contribution is -2.31. The highest BCUT2D eigenvalue weighted by Crippen LogP contribution is 2.30. The first-order valence-corrected chi connectivity index (χ1v) is 10.2. The van der Waals surface area contributed by atoms with Gasteiger partial charge in [0.25, 0.3) is 15.9 Å². The number of para-hydroxylation sites is 1. The Kier molecular flexibility index (Phi) is 6.49. The van der Waals surface area contributed by atoms with Crippen molar-refractivity contribution in [3.63, 3.8) is 0 Å². The number of methoxy groups -OCH3 is 1. The highest BCUT2D eigenvalue weighted by Gasteiger charge is 2.21. The molecule has 1 amide bonds. The second-order valence-electron chi connectivity index (χ2n) is 6.84. The van der Waals surface area contributed by atoms with E-state index in [0.29, 0.717) is 5.75 Å². The molecule has 0 aliphatic carbocycles. The van der Waals surface area contributed by atoms with Gasteiger partial charge >= 0.3 is 0 Å². The van der Waals surface area contributed by atoms with E-state index in [1.54, 1.807) is 43.5 Å². The summed E-state index contributed by atoms with van der Waals surface area (Å²) in [5.74, 6) is 0.403. The Labute approximate surface area is 161 Å². The Morgan fingerprint density at radius 2 is 1.70 bits per heavy atom. The van der Waals surface area contributed by atoms with Crippen LogP contribution in [-0.2, 0) is 10.0 Å². The fourth-order valence-electron chi connectivity index (χ4n) is 2.64. The Morgan fingerprint density at radius 3 is 2.30 bits per heavy atom. The van der Waals surface area contributed by atoms with Gasteiger partial charge in [0.2, 0.25) is 0 Å². The maximum Gasteiger partial charge on any atom is 0.261 e. The van der Waals surface area contributed by atoms with Gasteiger partial charge in [-0.2, -0.15) is 0 Å². The number of sulfonamides is 1. The quantitative estimate of drug-likeness (QED) is 0.754. The summed E-state index contributed by atoms with van der Waals surface area (Å²) < 4.78 is 33.6. The van der Waals surface area contributed by atoms with Crippen LogP contribution in [-0.4, -0.2) is 27.5 Å². The zero-order valence-electron chi connectivity index (χ0n) is 16.2. The topological polar surface area (TPSA) is 84.5 Å². The first-order chi connectivity index (χ1) is 12.7. The van der Waals surface area contributed by atoms with Crippen molar-refractivity contribution < 1.29 is 17.9 Å². The van der Waals surface area contributed by atoms with Crippen LogP contribution in [0.15, 0.2) is 47.4 Å². The molecule has 146 valence electrons. The lowest BCUT2D eigenvalue weighted by molar-refractivity contribution is 0.0944. The van der Waals surface area contributed by atoms with Gasteiger partial charge in [-0.1, -0.05) is 26.0 Å². The van der Waals surface area contributed by atoms with Crippen molar-refractivity contribution in [2.75, 3.05) is 11.8 Å². The van der Waals surface area contributed by atoms with E-state index in [1.807, 2.05) is 27.7 Å². The average Bonchev–Trinajstić information content (AvgIpc) is 2.60. The molecule has 0 atom stereocenters. The van der Waals surface area contributed by atoms with Crippen LogP contribution in [0.2, 0.25) is 0 Å². The van der Waals surface area contributed by atoms with Crippen LogP contribution < -0.4 is 14.8 Å². The SMILES string of the molecule is COc1ccc(S(=O)(=O)Nc2ccccc2C(=O)NC(C)C)cc1C(C)C. The van der Waals surface area contributed by atoms with Crippen LogP contribution in [0.3, 0.4) is 0 Å². The standard InChI is InChI=1S/C20H26N2O4S/c1-13(2)17-12-15(10-11-19(17)26-5)27(24,25)22-18-9-7-6-8-16(18)20(23)21-14(3)4/h6-14,22H,1-5H3,(H,21,23). The average molecular weight is 391 g/mol. The third-order valence-corrected chi connectivity index (χ3v) is 5.33. The second kappa shape index (κ2) is 8.43. The third-order valence-electron chi connectivity index (χ3n) is 3.97. The van der Waals surface area contributed by atoms with E-state index in [4.69, 9.17) is 4.74 Å². The molecule has 0 bridgehead atoms. The predicted octanol–water partition coefficient (Wildman–Crippen LogP) is 3.76. The van der Waals surface area contributed by atoms with Gasteiger partial charge in [0.05, 0.1) is 23.3 Å². The first kappa shape index (κ1) is 20.8. The van der Waals surface area contributed by atoms with Crippen LogP contribution >= 0.6 is 0 Å². The second-order valence-corrected chi connectivity index (χ2v) is 8.52. The summed E-state index contributed by atoms with van der Waals surface area (Å²) in [6.45, 7) is 7.62. The van der Waals surface area contributed by atoms with E-state index in [-0.39, 0.29) is 34.0 Å². The molecule has 0 radical (unpaired) electrons. The molecule has 0 aliphatic rings. The highest BCUT2D eigenvalue weighted by atomic mass is 32.2. The molecule has 0 heterocycles. The third kappa shape index (κ3) is 5.01. The number of anilines is 1. The summed E-state index contributed by atoms with van der Waals surface area (Å²) in [4.78, 5) is 12.5. The van der Waals surface area contributed by atoms with E-state index in [1.165, 1.54) is 6.07 Å². The number of carbonyl (C=O) groups is 1. The molecule has 0 saturated heterocycles. The number of benzene rings is 2. The van der Waals surface area contributed by atoms with Crippen LogP contribution in [0.4, 0.5) is 5.69 Å². The van der Waals surface area contributed by atoms with Gasteiger partial charge in [0, 0.05) is 6.04 Å². The fourth-order valence-corrected chi connectivity index (χ4v) is 3.76. The Hall–Kier alpha value is -2.54. The minimum atomic E-state index is -3.86. The molecular weight excluding hydrogens is 364 g/mol. The molecule has 2 aromatic rings. The molecule has 2 aromatic carbocycles. The monoisotopic (exact) mass is 390 g/mol. The molecule has 7 heteroatoms. The van der Waals surface area contributed by atoms with Crippen molar-refractivity contribution in [3.8, 4) is 5.75 Å². The molecule has 6 nitrogen and oxygen atoms in total. The zero-order valence-corrected chi connectivity index (χ0v) is 17.1. The number of hydrogen-bond donors (Lipinski definition) is 2. The van der Waals surface area contributed by atoms with Gasteiger partial charge in [-0.25, -0.2) is 8.42 Å². The molecule has 0 saturated carbocycles. The van der Waals surface area contributed by atoms with Crippen LogP contribution in [0.25, 0.3) is 0 Å². The van der Waals surface area contributed by atoms with E-state index in [9.17, 15) is 13.2 Å². The van der Waals surface area contributed by atoms with Crippen molar-refractivity contribution in [3.05, 3.63) is 53.6 Å². The molecule has 0 spiro atoms. The van der Waals surface area contributed by atoms with Crippen molar-refractivity contribution in [2.45, 2.75) is 44.6 Å². The molecule has 2 N–H and O–H groups in total. The van der Waals surface area contributed by atoms with E-state index in [0.717, 1.165) is 5.56 Å². The number of hydrogen-bond acceptors (Lipinski definition) is 4. The van der Waals surface area contributed by atoms with E-state index in [2.05, 4.69) is 10.0 Å². The van der Waals surface area contributed by atoms with Crippen molar-refractivity contribution in [1.82, 2.24) is 5.32 Å². The van der Waals surface area contributed by atoms with Gasteiger partial charge in [-0.15, -0.1) is 0 Å². The largest absolute Gasteiger partial charge is 0.496 e. The molecule has 2 rings (SSSR count). The van der Waals surface area contributed by atoms with E-state index >= 15 is 0 Å². The van der Waals surface area contributed by atoms with Crippen LogP contribution in [0.1, 0.15) is 49.5 Å². The zero-order chi connectivity index (χ0) is 20.2. The highest BCUT2D eigenvalue weighted by molar-refractivity contribution is 7.92. The minimum absolute atomic E-state index is 0.0580. The summed E-state index contributed by atoms with van der Waals surface area (Å²) in [6.07, 6.45) is 0. The van der Waals surface area contributed by atoms with Crippen LogP contribution in [0.5, 0.6) is 5.75 Å². The molecule has 0 aliphatic heterocycles. The Balaban J connectivity index is 2.40. The summed E-state index contributed by atoms with van der Waals surface area (Å²) in [5, 5.41) is 2.77. The fraction of sp³-hybridized carbons (Fsp3) is 0.350. The summed E-state index contributed by atoms with van der Waals surface area (Å²) in [7, 11) is -2.31. The Bertz CT molecular complexity index is 921. The number of carbonyl (C=O) groups excluding carboxylic acids is 1. The lowest BCUT2D eigenvalue weighted by Gasteiger charge is -2.16.